The predicted molar refractivity (Wildman–Crippen MR) is 102 cm³/mol. The molecule has 1 aromatic heterocycles. The number of nitrogens with zero attached hydrogens (tertiary/aromatic N) is 2. The number of rotatable bonds is 7. The molecule has 0 spiro atoms. The van der Waals surface area contributed by atoms with Crippen molar-refractivity contribution >= 4 is 42.3 Å². The minimum absolute atomic E-state index is 0. The van der Waals surface area contributed by atoms with E-state index in [2.05, 4.69) is 15.6 Å². The molecule has 1 heterocycles. The summed E-state index contributed by atoms with van der Waals surface area (Å²) in [7, 11) is 0. The lowest BCUT2D eigenvalue weighted by Crippen LogP contribution is -2.37. The number of hydrogen-bond donors (Lipinski definition) is 3. The van der Waals surface area contributed by atoms with Crippen LogP contribution in [0, 0.1) is 0 Å². The van der Waals surface area contributed by atoms with Crippen LogP contribution in [0.15, 0.2) is 43.0 Å². The third-order valence-electron chi connectivity index (χ3n) is 3.30. The molecule has 0 bridgehead atoms. The number of nitrogens with two attached hydrogens (primary N) is 1. The summed E-state index contributed by atoms with van der Waals surface area (Å²) in [6, 6.07) is 6.72. The SMILES string of the molecule is C[C@@H](CN)NC(=O)c1cccc(NC(=O)CCn2ccnc2)c1.Cl.Cl. The van der Waals surface area contributed by atoms with Gasteiger partial charge in [-0.05, 0) is 25.1 Å². The monoisotopic (exact) mass is 387 g/mol. The smallest absolute Gasteiger partial charge is 0.251 e. The van der Waals surface area contributed by atoms with Gasteiger partial charge in [0.05, 0.1) is 6.33 Å². The topological polar surface area (TPSA) is 102 Å². The molecule has 0 aliphatic rings. The molecule has 2 aromatic rings. The van der Waals surface area contributed by atoms with Crippen molar-refractivity contribution in [1.82, 2.24) is 14.9 Å². The number of carbonyl (C=O) groups is 2. The van der Waals surface area contributed by atoms with Gasteiger partial charge in [-0.1, -0.05) is 6.07 Å². The first kappa shape index (κ1) is 22.9. The Kier molecular flexibility index (Phi) is 10.5. The number of aromatic nitrogens is 2. The lowest BCUT2D eigenvalue weighted by atomic mass is 10.1. The molecule has 0 fully saturated rings. The Morgan fingerprint density at radius 2 is 2.08 bits per heavy atom. The van der Waals surface area contributed by atoms with E-state index in [4.69, 9.17) is 5.73 Å². The summed E-state index contributed by atoms with van der Waals surface area (Å²) in [5, 5.41) is 5.57. The van der Waals surface area contributed by atoms with Crippen molar-refractivity contribution in [2.24, 2.45) is 5.73 Å². The lowest BCUT2D eigenvalue weighted by molar-refractivity contribution is -0.116. The van der Waals surface area contributed by atoms with E-state index >= 15 is 0 Å². The molecule has 0 unspecified atom stereocenters. The molecule has 1 atom stereocenters. The average molecular weight is 388 g/mol. The van der Waals surface area contributed by atoms with Crippen LogP contribution in [0.5, 0.6) is 0 Å². The molecule has 2 rings (SSSR count). The van der Waals surface area contributed by atoms with Gasteiger partial charge in [-0.15, -0.1) is 24.8 Å². The van der Waals surface area contributed by atoms with Crippen molar-refractivity contribution in [3.63, 3.8) is 0 Å². The molecule has 2 amide bonds. The van der Waals surface area contributed by atoms with Gasteiger partial charge in [0.1, 0.15) is 0 Å². The summed E-state index contributed by atoms with van der Waals surface area (Å²) in [6.45, 7) is 2.76. The van der Waals surface area contributed by atoms with Gasteiger partial charge in [0, 0.05) is 49.2 Å². The summed E-state index contributed by atoms with van der Waals surface area (Å²) >= 11 is 0. The first-order valence-electron chi connectivity index (χ1n) is 7.45. The van der Waals surface area contributed by atoms with Crippen LogP contribution in [0.1, 0.15) is 23.7 Å². The van der Waals surface area contributed by atoms with Crippen LogP contribution in [-0.2, 0) is 11.3 Å². The number of anilines is 1. The number of aryl methyl sites for hydroxylation is 1. The summed E-state index contributed by atoms with van der Waals surface area (Å²) in [4.78, 5) is 27.9. The fraction of sp³-hybridized carbons (Fsp3) is 0.312. The summed E-state index contributed by atoms with van der Waals surface area (Å²) < 4.78 is 1.83. The molecule has 0 saturated heterocycles. The molecule has 0 aliphatic heterocycles. The fourth-order valence-corrected chi connectivity index (χ4v) is 1.98. The van der Waals surface area contributed by atoms with E-state index in [0.29, 0.717) is 30.8 Å². The maximum atomic E-state index is 12.0. The van der Waals surface area contributed by atoms with Gasteiger partial charge >= 0.3 is 0 Å². The molecular weight excluding hydrogens is 365 g/mol. The van der Waals surface area contributed by atoms with Crippen molar-refractivity contribution in [1.29, 1.82) is 0 Å². The van der Waals surface area contributed by atoms with E-state index in [1.165, 1.54) is 0 Å². The van der Waals surface area contributed by atoms with E-state index in [1.807, 2.05) is 11.5 Å². The zero-order valence-electron chi connectivity index (χ0n) is 13.8. The number of imidazole rings is 1. The maximum absolute atomic E-state index is 12.0. The van der Waals surface area contributed by atoms with Crippen molar-refractivity contribution in [3.8, 4) is 0 Å². The van der Waals surface area contributed by atoms with Crippen molar-refractivity contribution < 1.29 is 9.59 Å². The number of nitrogens with one attached hydrogen (secondary N) is 2. The molecule has 4 N–H and O–H groups in total. The highest BCUT2D eigenvalue weighted by Crippen LogP contribution is 2.11. The predicted octanol–water partition coefficient (Wildman–Crippen LogP) is 1.83. The second-order valence-corrected chi connectivity index (χ2v) is 5.29. The quantitative estimate of drug-likeness (QED) is 0.674. The van der Waals surface area contributed by atoms with Gasteiger partial charge in [-0.25, -0.2) is 4.98 Å². The molecule has 0 saturated carbocycles. The molecule has 0 radical (unpaired) electrons. The van der Waals surface area contributed by atoms with Crippen LogP contribution < -0.4 is 16.4 Å². The van der Waals surface area contributed by atoms with E-state index in [1.54, 1.807) is 43.0 Å². The second kappa shape index (κ2) is 11.5. The van der Waals surface area contributed by atoms with Gasteiger partial charge in [0.2, 0.25) is 5.91 Å². The Hall–Kier alpha value is -2.09. The summed E-state index contributed by atoms with van der Waals surface area (Å²) in [5.74, 6) is -0.330. The van der Waals surface area contributed by atoms with Crippen LogP contribution in [0.2, 0.25) is 0 Å². The van der Waals surface area contributed by atoms with Gasteiger partial charge in [0.15, 0.2) is 0 Å². The maximum Gasteiger partial charge on any atom is 0.251 e. The standard InChI is InChI=1S/C16H21N5O2.2ClH/c1-12(10-17)19-16(23)13-3-2-4-14(9-13)20-15(22)5-7-21-8-6-18-11-21;;/h2-4,6,8-9,11-12H,5,7,10,17H2,1H3,(H,19,23)(H,20,22);2*1H/t12-;;/m0../s1. The van der Waals surface area contributed by atoms with Crippen LogP contribution in [0.3, 0.4) is 0 Å². The van der Waals surface area contributed by atoms with Gasteiger partial charge in [0.25, 0.3) is 5.91 Å². The number of halogens is 2. The molecule has 9 heteroatoms. The fourth-order valence-electron chi connectivity index (χ4n) is 1.98. The van der Waals surface area contributed by atoms with Crippen LogP contribution in [-0.4, -0.2) is 34.0 Å². The van der Waals surface area contributed by atoms with Crippen LogP contribution in [0.4, 0.5) is 5.69 Å². The Labute approximate surface area is 159 Å². The average Bonchev–Trinajstić information content (AvgIpc) is 3.06. The molecular formula is C16H23Cl2N5O2. The number of benzene rings is 1. The third-order valence-corrected chi connectivity index (χ3v) is 3.30. The van der Waals surface area contributed by atoms with Crippen molar-refractivity contribution in [2.75, 3.05) is 11.9 Å². The molecule has 0 aliphatic carbocycles. The van der Waals surface area contributed by atoms with Gasteiger partial charge < -0.3 is 20.9 Å². The zero-order chi connectivity index (χ0) is 16.7. The van der Waals surface area contributed by atoms with Gasteiger partial charge in [-0.3, -0.25) is 9.59 Å². The molecule has 138 valence electrons. The zero-order valence-corrected chi connectivity index (χ0v) is 15.5. The first-order chi connectivity index (χ1) is 11.1. The van der Waals surface area contributed by atoms with Crippen LogP contribution in [0.25, 0.3) is 0 Å². The van der Waals surface area contributed by atoms with E-state index in [-0.39, 0.29) is 42.7 Å². The Bertz CT molecular complexity index is 664. The molecule has 7 nitrogen and oxygen atoms in total. The van der Waals surface area contributed by atoms with E-state index in [9.17, 15) is 9.59 Å². The normalized spacial score (nSPS) is 10.8. The number of carbonyl (C=O) groups excluding carboxylic acids is 2. The minimum Gasteiger partial charge on any atom is -0.348 e. The summed E-state index contributed by atoms with van der Waals surface area (Å²) in [5.41, 5.74) is 6.56. The second-order valence-electron chi connectivity index (χ2n) is 5.29. The Morgan fingerprint density at radius 1 is 1.32 bits per heavy atom. The number of amides is 2. The highest BCUT2D eigenvalue weighted by Gasteiger charge is 2.10. The van der Waals surface area contributed by atoms with E-state index in [0.717, 1.165) is 0 Å². The van der Waals surface area contributed by atoms with Crippen molar-refractivity contribution in [2.45, 2.75) is 25.9 Å². The largest absolute Gasteiger partial charge is 0.348 e. The lowest BCUT2D eigenvalue weighted by Gasteiger charge is -2.12. The Balaban J connectivity index is 0.00000288. The highest BCUT2D eigenvalue weighted by atomic mass is 35.5. The Morgan fingerprint density at radius 3 is 2.72 bits per heavy atom. The van der Waals surface area contributed by atoms with Crippen LogP contribution >= 0.6 is 24.8 Å². The number of hydrogen-bond acceptors (Lipinski definition) is 4. The minimum atomic E-state index is -0.211. The summed E-state index contributed by atoms with van der Waals surface area (Å²) in [6.07, 6.45) is 5.47. The van der Waals surface area contributed by atoms with Crippen molar-refractivity contribution in [3.05, 3.63) is 48.5 Å². The molecule has 1 aromatic carbocycles. The highest BCUT2D eigenvalue weighted by molar-refractivity contribution is 5.97. The first-order valence-corrected chi connectivity index (χ1v) is 7.45. The third kappa shape index (κ3) is 7.55. The van der Waals surface area contributed by atoms with E-state index < -0.39 is 0 Å². The molecule has 25 heavy (non-hydrogen) atoms. The van der Waals surface area contributed by atoms with Gasteiger partial charge in [-0.2, -0.15) is 0 Å².